The monoisotopic (exact) mass is 294 g/mol. The lowest BCUT2D eigenvalue weighted by molar-refractivity contribution is 0.588. The number of fused-ring (bicyclic) bond motifs is 1. The van der Waals surface area contributed by atoms with Gasteiger partial charge in [0, 0.05) is 24.0 Å². The third-order valence-electron chi connectivity index (χ3n) is 3.43. The van der Waals surface area contributed by atoms with E-state index in [1.165, 1.54) is 5.56 Å². The summed E-state index contributed by atoms with van der Waals surface area (Å²) in [6.07, 6.45) is 3.48. The van der Waals surface area contributed by atoms with Gasteiger partial charge in [0.25, 0.3) is 0 Å². The van der Waals surface area contributed by atoms with E-state index in [-0.39, 0.29) is 11.5 Å². The van der Waals surface area contributed by atoms with Crippen LogP contribution in [0.25, 0.3) is 10.9 Å². The Morgan fingerprint density at radius 2 is 2.00 bits per heavy atom. The van der Waals surface area contributed by atoms with E-state index in [2.05, 4.69) is 18.2 Å². The normalized spacial score (nSPS) is 12.1. The van der Waals surface area contributed by atoms with Gasteiger partial charge in [-0.1, -0.05) is 19.1 Å². The van der Waals surface area contributed by atoms with Gasteiger partial charge in [-0.2, -0.15) is 0 Å². The van der Waals surface area contributed by atoms with Crippen LogP contribution in [0, 0.1) is 0 Å². The number of benzene rings is 1. The van der Waals surface area contributed by atoms with Gasteiger partial charge in [0.15, 0.2) is 9.84 Å². The molecule has 0 fully saturated rings. The standard InChI is InChI=1S/C15H22N2O2S/c1-2-10-20(18,19)11-9-17-8-6-14-4-3-13(5-7-16)12-15(14)17/h3-4,6,8,12H,2,5,7,9-11,16H2,1H3. The van der Waals surface area contributed by atoms with E-state index in [1.807, 2.05) is 23.8 Å². The highest BCUT2D eigenvalue weighted by atomic mass is 32.2. The number of aromatic nitrogens is 1. The summed E-state index contributed by atoms with van der Waals surface area (Å²) in [4.78, 5) is 0. The third-order valence-corrected chi connectivity index (χ3v) is 5.26. The average Bonchev–Trinajstić information content (AvgIpc) is 2.79. The van der Waals surface area contributed by atoms with Crippen LogP contribution in [0.15, 0.2) is 30.5 Å². The maximum absolute atomic E-state index is 11.8. The van der Waals surface area contributed by atoms with Crippen LogP contribution in [0.2, 0.25) is 0 Å². The summed E-state index contributed by atoms with van der Waals surface area (Å²) >= 11 is 0. The smallest absolute Gasteiger partial charge is 0.152 e. The fourth-order valence-electron chi connectivity index (χ4n) is 2.40. The van der Waals surface area contributed by atoms with E-state index in [0.717, 1.165) is 17.3 Å². The molecule has 2 rings (SSSR count). The van der Waals surface area contributed by atoms with Gasteiger partial charge in [-0.15, -0.1) is 0 Å². The van der Waals surface area contributed by atoms with E-state index in [9.17, 15) is 8.42 Å². The highest BCUT2D eigenvalue weighted by Crippen LogP contribution is 2.18. The number of hydrogen-bond donors (Lipinski definition) is 1. The van der Waals surface area contributed by atoms with Gasteiger partial charge in [-0.05, 0) is 42.5 Å². The molecule has 0 aliphatic rings. The van der Waals surface area contributed by atoms with E-state index >= 15 is 0 Å². The lowest BCUT2D eigenvalue weighted by atomic mass is 10.1. The Balaban J connectivity index is 2.19. The van der Waals surface area contributed by atoms with E-state index in [1.54, 1.807) is 0 Å². The molecule has 0 bridgehead atoms. The van der Waals surface area contributed by atoms with Crippen molar-refractivity contribution in [3.8, 4) is 0 Å². The van der Waals surface area contributed by atoms with Crippen molar-refractivity contribution in [2.45, 2.75) is 26.3 Å². The Morgan fingerprint density at radius 1 is 1.20 bits per heavy atom. The largest absolute Gasteiger partial charge is 0.346 e. The maximum atomic E-state index is 11.8. The summed E-state index contributed by atoms with van der Waals surface area (Å²) in [5, 5.41) is 1.14. The molecule has 0 saturated carbocycles. The Kier molecular flexibility index (Phi) is 4.83. The first-order valence-corrected chi connectivity index (χ1v) is 8.86. The van der Waals surface area contributed by atoms with Crippen molar-refractivity contribution in [1.29, 1.82) is 0 Å². The molecule has 2 N–H and O–H groups in total. The van der Waals surface area contributed by atoms with E-state index in [4.69, 9.17) is 5.73 Å². The number of hydrogen-bond acceptors (Lipinski definition) is 3. The van der Waals surface area contributed by atoms with Crippen LogP contribution in [0.1, 0.15) is 18.9 Å². The molecule has 110 valence electrons. The van der Waals surface area contributed by atoms with Crippen molar-refractivity contribution in [2.75, 3.05) is 18.1 Å². The minimum atomic E-state index is -2.94. The van der Waals surface area contributed by atoms with Crippen molar-refractivity contribution in [3.05, 3.63) is 36.0 Å². The van der Waals surface area contributed by atoms with Crippen LogP contribution in [0.5, 0.6) is 0 Å². The van der Waals surface area contributed by atoms with Crippen LogP contribution in [0.3, 0.4) is 0 Å². The van der Waals surface area contributed by atoms with Gasteiger partial charge in [-0.25, -0.2) is 8.42 Å². The number of sulfone groups is 1. The maximum Gasteiger partial charge on any atom is 0.152 e. The molecule has 0 spiro atoms. The van der Waals surface area contributed by atoms with Crippen molar-refractivity contribution in [3.63, 3.8) is 0 Å². The minimum Gasteiger partial charge on any atom is -0.346 e. The lowest BCUT2D eigenvalue weighted by Gasteiger charge is -2.07. The molecule has 1 heterocycles. The molecule has 1 aromatic carbocycles. The summed E-state index contributed by atoms with van der Waals surface area (Å²) in [6.45, 7) is 3.02. The van der Waals surface area contributed by atoms with Crippen molar-refractivity contribution in [2.24, 2.45) is 5.73 Å². The summed E-state index contributed by atoms with van der Waals surface area (Å²) in [5.74, 6) is 0.469. The second kappa shape index (κ2) is 6.41. The number of nitrogens with zero attached hydrogens (tertiary/aromatic N) is 1. The Morgan fingerprint density at radius 3 is 2.70 bits per heavy atom. The van der Waals surface area contributed by atoms with Gasteiger partial charge in [0.05, 0.1) is 5.75 Å². The van der Waals surface area contributed by atoms with Gasteiger partial charge in [-0.3, -0.25) is 0 Å². The van der Waals surface area contributed by atoms with Crippen LogP contribution >= 0.6 is 0 Å². The fraction of sp³-hybridized carbons (Fsp3) is 0.467. The second-order valence-corrected chi connectivity index (χ2v) is 7.40. The van der Waals surface area contributed by atoms with Crippen LogP contribution in [-0.2, 0) is 22.8 Å². The first kappa shape index (κ1) is 15.1. The number of rotatable bonds is 7. The number of nitrogens with two attached hydrogens (primary N) is 1. The van der Waals surface area contributed by atoms with Crippen molar-refractivity contribution < 1.29 is 8.42 Å². The quantitative estimate of drug-likeness (QED) is 0.849. The molecular formula is C15H22N2O2S. The molecule has 0 saturated heterocycles. The molecule has 2 aromatic rings. The lowest BCUT2D eigenvalue weighted by Crippen LogP contribution is -2.15. The first-order chi connectivity index (χ1) is 9.55. The number of aryl methyl sites for hydroxylation is 1. The predicted molar refractivity (Wildman–Crippen MR) is 83.6 cm³/mol. The van der Waals surface area contributed by atoms with Crippen molar-refractivity contribution >= 4 is 20.7 Å². The van der Waals surface area contributed by atoms with Crippen LogP contribution in [-0.4, -0.2) is 31.0 Å². The van der Waals surface area contributed by atoms with Crippen LogP contribution in [0.4, 0.5) is 0 Å². The summed E-state index contributed by atoms with van der Waals surface area (Å²) in [7, 11) is -2.94. The SMILES string of the molecule is CCCS(=O)(=O)CCn1ccc2ccc(CCN)cc21. The fourth-order valence-corrected chi connectivity index (χ4v) is 3.70. The molecule has 0 atom stereocenters. The molecule has 0 amide bonds. The highest BCUT2D eigenvalue weighted by molar-refractivity contribution is 7.91. The van der Waals surface area contributed by atoms with E-state index < -0.39 is 9.84 Å². The summed E-state index contributed by atoms with van der Waals surface area (Å²) in [5.41, 5.74) is 7.86. The highest BCUT2D eigenvalue weighted by Gasteiger charge is 2.10. The molecule has 0 radical (unpaired) electrons. The molecule has 5 heteroatoms. The summed E-state index contributed by atoms with van der Waals surface area (Å²) in [6, 6.07) is 8.27. The predicted octanol–water partition coefficient (Wildman–Crippen LogP) is 1.97. The van der Waals surface area contributed by atoms with E-state index in [0.29, 0.717) is 19.5 Å². The van der Waals surface area contributed by atoms with Gasteiger partial charge >= 0.3 is 0 Å². The Labute approximate surface area is 120 Å². The van der Waals surface area contributed by atoms with Crippen molar-refractivity contribution in [1.82, 2.24) is 4.57 Å². The zero-order valence-corrected chi connectivity index (χ0v) is 12.7. The molecule has 4 nitrogen and oxygen atoms in total. The first-order valence-electron chi connectivity index (χ1n) is 7.04. The zero-order chi connectivity index (χ0) is 14.6. The van der Waals surface area contributed by atoms with Gasteiger partial charge in [0.1, 0.15) is 0 Å². The second-order valence-electron chi connectivity index (χ2n) is 5.09. The Bertz CT molecular complexity index is 674. The Hall–Kier alpha value is -1.33. The molecular weight excluding hydrogens is 272 g/mol. The molecule has 0 aliphatic heterocycles. The minimum absolute atomic E-state index is 0.200. The summed E-state index contributed by atoms with van der Waals surface area (Å²) < 4.78 is 25.6. The average molecular weight is 294 g/mol. The third kappa shape index (κ3) is 3.61. The molecule has 1 aromatic heterocycles. The molecule has 20 heavy (non-hydrogen) atoms. The molecule has 0 aliphatic carbocycles. The van der Waals surface area contributed by atoms with Crippen LogP contribution < -0.4 is 5.73 Å². The van der Waals surface area contributed by atoms with Gasteiger partial charge < -0.3 is 10.3 Å². The topological polar surface area (TPSA) is 65.1 Å². The molecule has 0 unspecified atom stereocenters. The zero-order valence-electron chi connectivity index (χ0n) is 11.9. The van der Waals surface area contributed by atoms with Gasteiger partial charge in [0.2, 0.25) is 0 Å².